The smallest absolute Gasteiger partial charge is 0.0377 e. The van der Waals surface area contributed by atoms with Crippen LogP contribution in [-0.4, -0.2) is 20.1 Å². The van der Waals surface area contributed by atoms with Crippen molar-refractivity contribution < 1.29 is 0 Å². The third kappa shape index (κ3) is 3.73. The number of nitrogens with zero attached hydrogens (tertiary/aromatic N) is 1. The number of nitrogens with one attached hydrogen (secondary N) is 1. The van der Waals surface area contributed by atoms with E-state index in [0.717, 1.165) is 18.4 Å². The highest BCUT2D eigenvalue weighted by molar-refractivity contribution is 9.10. The first-order chi connectivity index (χ1) is 9.11. The second kappa shape index (κ2) is 6.76. The van der Waals surface area contributed by atoms with Crippen molar-refractivity contribution in [2.45, 2.75) is 33.2 Å². The van der Waals surface area contributed by atoms with Gasteiger partial charge in [0.05, 0.1) is 0 Å². The Hall–Kier alpha value is -0.540. The Labute approximate surface area is 125 Å². The van der Waals surface area contributed by atoms with Gasteiger partial charge < -0.3 is 10.2 Å². The van der Waals surface area contributed by atoms with E-state index in [2.05, 4.69) is 58.2 Å². The van der Waals surface area contributed by atoms with E-state index in [0.29, 0.717) is 0 Å². The summed E-state index contributed by atoms with van der Waals surface area (Å²) in [5.41, 5.74) is 2.68. The maximum absolute atomic E-state index is 3.68. The van der Waals surface area contributed by atoms with Crippen LogP contribution in [0.3, 0.4) is 0 Å². The van der Waals surface area contributed by atoms with E-state index in [1.54, 1.807) is 0 Å². The molecule has 1 heterocycles. The maximum Gasteiger partial charge on any atom is 0.0377 e. The Morgan fingerprint density at radius 3 is 2.53 bits per heavy atom. The summed E-state index contributed by atoms with van der Waals surface area (Å²) in [5, 5.41) is 3.20. The van der Waals surface area contributed by atoms with Gasteiger partial charge >= 0.3 is 0 Å². The molecule has 1 fully saturated rings. The highest BCUT2D eigenvalue weighted by atomic mass is 79.9. The maximum atomic E-state index is 3.68. The van der Waals surface area contributed by atoms with Gasteiger partial charge in [-0.1, -0.05) is 35.8 Å². The van der Waals surface area contributed by atoms with Crippen molar-refractivity contribution in [2.24, 2.45) is 11.8 Å². The molecule has 2 rings (SSSR count). The van der Waals surface area contributed by atoms with Gasteiger partial charge in [0.1, 0.15) is 0 Å². The van der Waals surface area contributed by atoms with Gasteiger partial charge in [-0.3, -0.25) is 0 Å². The van der Waals surface area contributed by atoms with Crippen LogP contribution in [0.4, 0.5) is 5.69 Å². The van der Waals surface area contributed by atoms with Crippen LogP contribution < -0.4 is 10.2 Å². The van der Waals surface area contributed by atoms with Crippen molar-refractivity contribution in [2.75, 3.05) is 25.0 Å². The third-order valence-electron chi connectivity index (χ3n) is 4.25. The molecule has 1 aliphatic heterocycles. The van der Waals surface area contributed by atoms with Crippen LogP contribution in [-0.2, 0) is 6.54 Å². The van der Waals surface area contributed by atoms with Crippen LogP contribution in [0.25, 0.3) is 0 Å². The molecule has 1 aromatic carbocycles. The quantitative estimate of drug-likeness (QED) is 0.899. The molecule has 0 bridgehead atoms. The molecule has 0 atom stereocenters. The van der Waals surface area contributed by atoms with Gasteiger partial charge in [0, 0.05) is 29.8 Å². The molecular formula is C16H25BrN2. The zero-order valence-corrected chi connectivity index (χ0v) is 13.8. The van der Waals surface area contributed by atoms with E-state index in [1.807, 2.05) is 7.05 Å². The van der Waals surface area contributed by atoms with E-state index in [-0.39, 0.29) is 0 Å². The van der Waals surface area contributed by atoms with E-state index in [4.69, 9.17) is 0 Å². The predicted molar refractivity (Wildman–Crippen MR) is 86.7 cm³/mol. The minimum Gasteiger partial charge on any atom is -0.371 e. The lowest BCUT2D eigenvalue weighted by molar-refractivity contribution is 0.311. The number of anilines is 1. The lowest BCUT2D eigenvalue weighted by atomic mass is 9.86. The van der Waals surface area contributed by atoms with Crippen molar-refractivity contribution >= 4 is 21.6 Å². The Morgan fingerprint density at radius 2 is 2.00 bits per heavy atom. The van der Waals surface area contributed by atoms with Crippen LogP contribution in [0.5, 0.6) is 0 Å². The molecule has 0 saturated carbocycles. The Bertz CT molecular complexity index is 409. The van der Waals surface area contributed by atoms with Gasteiger partial charge in [0.2, 0.25) is 0 Å². The minimum atomic E-state index is 0.826. The average Bonchev–Trinajstić information content (AvgIpc) is 2.41. The van der Waals surface area contributed by atoms with Crippen molar-refractivity contribution in [3.63, 3.8) is 0 Å². The highest BCUT2D eigenvalue weighted by Gasteiger charge is 2.21. The highest BCUT2D eigenvalue weighted by Crippen LogP contribution is 2.30. The number of piperidine rings is 1. The summed E-state index contributed by atoms with van der Waals surface area (Å²) >= 11 is 3.68. The van der Waals surface area contributed by atoms with Crippen LogP contribution in [0.15, 0.2) is 22.7 Å². The van der Waals surface area contributed by atoms with Gasteiger partial charge in [-0.2, -0.15) is 0 Å². The molecule has 1 N–H and O–H groups in total. The summed E-state index contributed by atoms with van der Waals surface area (Å²) < 4.78 is 1.21. The van der Waals surface area contributed by atoms with Crippen LogP contribution >= 0.6 is 15.9 Å². The van der Waals surface area contributed by atoms with Gasteiger partial charge in [0.25, 0.3) is 0 Å². The molecule has 0 radical (unpaired) electrons. The normalized spacial score (nSPS) is 17.2. The first-order valence-corrected chi connectivity index (χ1v) is 8.09. The number of halogens is 1. The third-order valence-corrected chi connectivity index (χ3v) is 4.99. The zero-order chi connectivity index (χ0) is 13.8. The summed E-state index contributed by atoms with van der Waals surface area (Å²) in [7, 11) is 1.98. The topological polar surface area (TPSA) is 15.3 Å². The van der Waals surface area contributed by atoms with Crippen molar-refractivity contribution in [1.29, 1.82) is 0 Å². The van der Waals surface area contributed by atoms with Gasteiger partial charge in [0.15, 0.2) is 0 Å². The Kier molecular flexibility index (Phi) is 5.28. The molecule has 106 valence electrons. The first kappa shape index (κ1) is 14.9. The largest absolute Gasteiger partial charge is 0.371 e. The molecule has 0 aromatic heterocycles. The number of hydrogen-bond donors (Lipinski definition) is 1. The standard InChI is InChI=1S/C16H25BrN2/c1-12(2)13-6-8-19(9-7-13)15-5-4-14(11-18-3)16(17)10-15/h4-5,10,12-13,18H,6-9,11H2,1-3H3. The predicted octanol–water partition coefficient (Wildman–Crippen LogP) is 4.04. The van der Waals surface area contributed by atoms with E-state index >= 15 is 0 Å². The molecule has 2 nitrogen and oxygen atoms in total. The fraction of sp³-hybridized carbons (Fsp3) is 0.625. The van der Waals surface area contributed by atoms with Crippen LogP contribution in [0, 0.1) is 11.8 Å². The molecule has 0 aliphatic carbocycles. The molecule has 0 spiro atoms. The summed E-state index contributed by atoms with van der Waals surface area (Å²) in [6.45, 7) is 8.00. The van der Waals surface area contributed by atoms with Gasteiger partial charge in [-0.05, 0) is 49.4 Å². The van der Waals surface area contributed by atoms with Gasteiger partial charge in [-0.15, -0.1) is 0 Å². The summed E-state index contributed by atoms with van der Waals surface area (Å²) in [4.78, 5) is 2.52. The summed E-state index contributed by atoms with van der Waals surface area (Å²) in [6.07, 6.45) is 2.65. The molecule has 19 heavy (non-hydrogen) atoms. The molecule has 1 aromatic rings. The van der Waals surface area contributed by atoms with Crippen molar-refractivity contribution in [1.82, 2.24) is 5.32 Å². The van der Waals surface area contributed by atoms with E-state index in [9.17, 15) is 0 Å². The minimum absolute atomic E-state index is 0.826. The summed E-state index contributed by atoms with van der Waals surface area (Å²) in [6, 6.07) is 6.75. The monoisotopic (exact) mass is 324 g/mol. The molecule has 1 saturated heterocycles. The lowest BCUT2D eigenvalue weighted by Crippen LogP contribution is -2.35. The Balaban J connectivity index is 2.01. The number of hydrogen-bond acceptors (Lipinski definition) is 2. The fourth-order valence-corrected chi connectivity index (χ4v) is 3.40. The summed E-state index contributed by atoms with van der Waals surface area (Å²) in [5.74, 6) is 1.73. The van der Waals surface area contributed by atoms with Crippen LogP contribution in [0.1, 0.15) is 32.3 Å². The lowest BCUT2D eigenvalue weighted by Gasteiger charge is -2.35. The second-order valence-corrected chi connectivity index (χ2v) is 6.73. The SMILES string of the molecule is CNCc1ccc(N2CCC(C(C)C)CC2)cc1Br. The van der Waals surface area contributed by atoms with Crippen molar-refractivity contribution in [3.8, 4) is 0 Å². The van der Waals surface area contributed by atoms with Crippen molar-refractivity contribution in [3.05, 3.63) is 28.2 Å². The number of benzene rings is 1. The molecule has 0 amide bonds. The van der Waals surface area contributed by atoms with E-state index in [1.165, 1.54) is 41.7 Å². The molecular weight excluding hydrogens is 300 g/mol. The second-order valence-electron chi connectivity index (χ2n) is 5.87. The average molecular weight is 325 g/mol. The van der Waals surface area contributed by atoms with Gasteiger partial charge in [-0.25, -0.2) is 0 Å². The number of rotatable bonds is 4. The van der Waals surface area contributed by atoms with Crippen LogP contribution in [0.2, 0.25) is 0 Å². The molecule has 1 aliphatic rings. The fourth-order valence-electron chi connectivity index (χ4n) is 2.89. The Morgan fingerprint density at radius 1 is 1.32 bits per heavy atom. The van der Waals surface area contributed by atoms with E-state index < -0.39 is 0 Å². The zero-order valence-electron chi connectivity index (χ0n) is 12.2. The molecule has 3 heteroatoms. The molecule has 0 unspecified atom stereocenters. The first-order valence-electron chi connectivity index (χ1n) is 7.29.